The Balaban J connectivity index is 2.80. The van der Waals surface area contributed by atoms with Gasteiger partial charge < -0.3 is 19.5 Å². The molecule has 7 nitrogen and oxygen atoms in total. The fourth-order valence-corrected chi connectivity index (χ4v) is 2.33. The molecule has 0 saturated carbocycles. The number of esters is 2. The molecule has 146 valence electrons. The van der Waals surface area contributed by atoms with Crippen LogP contribution in [0.4, 0.5) is 0 Å². The van der Waals surface area contributed by atoms with Gasteiger partial charge in [0.05, 0.1) is 19.1 Å². The van der Waals surface area contributed by atoms with Crippen LogP contribution in [0.15, 0.2) is 24.3 Å². The monoisotopic (exact) mass is 367 g/mol. The Morgan fingerprint density at radius 1 is 1.00 bits per heavy atom. The van der Waals surface area contributed by atoms with Gasteiger partial charge in [0.15, 0.2) is 0 Å². The highest BCUT2D eigenvalue weighted by Gasteiger charge is 2.19. The van der Waals surface area contributed by atoms with Crippen LogP contribution in [0.25, 0.3) is 0 Å². The molecule has 0 bridgehead atoms. The predicted molar refractivity (Wildman–Crippen MR) is 96.2 cm³/mol. The molecular formula is C19H29NO6. The second-order valence-electron chi connectivity index (χ2n) is 6.48. The molecular weight excluding hydrogens is 338 g/mol. The predicted octanol–water partition coefficient (Wildman–Crippen LogP) is 1.77. The highest BCUT2D eigenvalue weighted by Crippen LogP contribution is 2.11. The average Bonchev–Trinajstić information content (AvgIpc) is 2.59. The SMILES string of the molecule is CO[C@H]1COC(=O)CC=C[C@H](C)COC(=O)[C@@H](C)NC(=O)CC=C[C@@H]1C. The molecule has 1 N–H and O–H groups in total. The number of hydrogen-bond donors (Lipinski definition) is 1. The van der Waals surface area contributed by atoms with E-state index in [1.54, 1.807) is 32.3 Å². The van der Waals surface area contributed by atoms with E-state index in [0.717, 1.165) is 0 Å². The Morgan fingerprint density at radius 3 is 2.38 bits per heavy atom. The molecule has 1 heterocycles. The maximum atomic E-state index is 11.9. The summed E-state index contributed by atoms with van der Waals surface area (Å²) >= 11 is 0. The van der Waals surface area contributed by atoms with Crippen LogP contribution in [0.2, 0.25) is 0 Å². The molecule has 0 aromatic heterocycles. The molecule has 0 aromatic rings. The zero-order chi connectivity index (χ0) is 19.5. The van der Waals surface area contributed by atoms with Gasteiger partial charge in [-0.1, -0.05) is 38.2 Å². The van der Waals surface area contributed by atoms with Gasteiger partial charge in [0.25, 0.3) is 0 Å². The fourth-order valence-electron chi connectivity index (χ4n) is 2.33. The van der Waals surface area contributed by atoms with Crippen molar-refractivity contribution in [3.05, 3.63) is 24.3 Å². The van der Waals surface area contributed by atoms with Gasteiger partial charge in [0.2, 0.25) is 5.91 Å². The van der Waals surface area contributed by atoms with Crippen molar-refractivity contribution in [1.82, 2.24) is 5.32 Å². The first-order valence-electron chi connectivity index (χ1n) is 8.81. The van der Waals surface area contributed by atoms with Crippen LogP contribution in [0.5, 0.6) is 0 Å². The summed E-state index contributed by atoms with van der Waals surface area (Å²) < 4.78 is 15.8. The number of amides is 1. The topological polar surface area (TPSA) is 90.9 Å². The molecule has 26 heavy (non-hydrogen) atoms. The van der Waals surface area contributed by atoms with Gasteiger partial charge >= 0.3 is 11.9 Å². The van der Waals surface area contributed by atoms with E-state index in [0.29, 0.717) is 0 Å². The molecule has 1 amide bonds. The molecule has 0 aromatic carbocycles. The molecule has 7 heteroatoms. The van der Waals surface area contributed by atoms with Crippen LogP contribution in [-0.2, 0) is 28.6 Å². The lowest BCUT2D eigenvalue weighted by atomic mass is 10.0. The van der Waals surface area contributed by atoms with Gasteiger partial charge in [-0.2, -0.15) is 0 Å². The van der Waals surface area contributed by atoms with Crippen molar-refractivity contribution < 1.29 is 28.6 Å². The quantitative estimate of drug-likeness (QED) is 0.561. The van der Waals surface area contributed by atoms with Crippen molar-refractivity contribution in [1.29, 1.82) is 0 Å². The molecule has 0 unspecified atom stereocenters. The Kier molecular flexibility index (Phi) is 9.65. The second-order valence-corrected chi connectivity index (χ2v) is 6.48. The van der Waals surface area contributed by atoms with Crippen molar-refractivity contribution in [3.8, 4) is 0 Å². The van der Waals surface area contributed by atoms with Crippen LogP contribution in [-0.4, -0.2) is 50.3 Å². The van der Waals surface area contributed by atoms with E-state index in [4.69, 9.17) is 14.2 Å². The first kappa shape index (κ1) is 21.9. The Morgan fingerprint density at radius 2 is 1.69 bits per heavy atom. The van der Waals surface area contributed by atoms with Crippen molar-refractivity contribution in [3.63, 3.8) is 0 Å². The maximum Gasteiger partial charge on any atom is 0.328 e. The number of rotatable bonds is 1. The molecule has 0 fully saturated rings. The van der Waals surface area contributed by atoms with E-state index in [-0.39, 0.29) is 55.9 Å². The minimum Gasteiger partial charge on any atom is -0.464 e. The number of carbonyl (C=O) groups is 3. The number of ether oxygens (including phenoxy) is 3. The normalized spacial score (nSPS) is 29.9. The Bertz CT molecular complexity index is 542. The zero-order valence-electron chi connectivity index (χ0n) is 15.9. The van der Waals surface area contributed by atoms with Crippen molar-refractivity contribution in [2.75, 3.05) is 20.3 Å². The maximum absolute atomic E-state index is 11.9. The van der Waals surface area contributed by atoms with Gasteiger partial charge in [0, 0.05) is 25.4 Å². The average molecular weight is 367 g/mol. The lowest BCUT2D eigenvalue weighted by Crippen LogP contribution is -2.39. The highest BCUT2D eigenvalue weighted by atomic mass is 16.6. The summed E-state index contributed by atoms with van der Waals surface area (Å²) in [6, 6.07) is -0.718. The highest BCUT2D eigenvalue weighted by molar-refractivity contribution is 5.84. The van der Waals surface area contributed by atoms with E-state index in [1.807, 2.05) is 19.9 Å². The molecule has 1 rings (SSSR count). The third kappa shape index (κ3) is 8.29. The number of methoxy groups -OCH3 is 1. The molecule has 0 radical (unpaired) electrons. The molecule has 0 saturated heterocycles. The molecule has 1 aliphatic rings. The number of carbonyl (C=O) groups excluding carboxylic acids is 3. The minimum atomic E-state index is -0.718. The largest absolute Gasteiger partial charge is 0.464 e. The smallest absolute Gasteiger partial charge is 0.328 e. The molecule has 4 atom stereocenters. The standard InChI is InChI=1S/C19H29NO6/c1-13-7-5-10-18(22)25-12-16(24-4)14(2)8-6-9-17(21)20-15(3)19(23)26-11-13/h5-8,13-16H,9-12H2,1-4H3,(H,20,21)/t13-,14-,15+,16-/m0/s1. The third-order valence-electron chi connectivity index (χ3n) is 4.01. The summed E-state index contributed by atoms with van der Waals surface area (Å²) in [4.78, 5) is 35.6. The number of hydrogen-bond acceptors (Lipinski definition) is 6. The minimum absolute atomic E-state index is 0.0440. The summed E-state index contributed by atoms with van der Waals surface area (Å²) in [6.07, 6.45) is 7.01. The van der Waals surface area contributed by atoms with Crippen LogP contribution < -0.4 is 5.32 Å². The molecule has 1 aliphatic heterocycles. The second kappa shape index (κ2) is 11.5. The van der Waals surface area contributed by atoms with E-state index < -0.39 is 12.0 Å². The van der Waals surface area contributed by atoms with Crippen LogP contribution in [0, 0.1) is 11.8 Å². The van der Waals surface area contributed by atoms with Gasteiger partial charge in [-0.25, -0.2) is 4.79 Å². The van der Waals surface area contributed by atoms with Crippen LogP contribution >= 0.6 is 0 Å². The van der Waals surface area contributed by atoms with Crippen molar-refractivity contribution >= 4 is 17.8 Å². The summed E-state index contributed by atoms with van der Waals surface area (Å²) in [6.45, 7) is 5.68. The fraction of sp³-hybridized carbons (Fsp3) is 0.632. The third-order valence-corrected chi connectivity index (χ3v) is 4.01. The Hall–Kier alpha value is -2.15. The first-order valence-corrected chi connectivity index (χ1v) is 8.81. The summed E-state index contributed by atoms with van der Waals surface area (Å²) in [5.41, 5.74) is 0. The first-order chi connectivity index (χ1) is 12.3. The summed E-state index contributed by atoms with van der Waals surface area (Å²) in [7, 11) is 1.55. The zero-order valence-corrected chi connectivity index (χ0v) is 15.9. The van der Waals surface area contributed by atoms with Gasteiger partial charge in [-0.15, -0.1) is 0 Å². The van der Waals surface area contributed by atoms with E-state index in [9.17, 15) is 14.4 Å². The lowest BCUT2D eigenvalue weighted by Gasteiger charge is -2.20. The van der Waals surface area contributed by atoms with E-state index >= 15 is 0 Å². The van der Waals surface area contributed by atoms with Crippen molar-refractivity contribution in [2.45, 2.75) is 45.8 Å². The molecule has 0 aliphatic carbocycles. The van der Waals surface area contributed by atoms with Gasteiger partial charge in [-0.3, -0.25) is 9.59 Å². The number of cyclic esters (lactones) is 2. The number of nitrogens with one attached hydrogen (secondary N) is 1. The summed E-state index contributed by atoms with van der Waals surface area (Å²) in [5, 5.41) is 2.61. The van der Waals surface area contributed by atoms with E-state index in [2.05, 4.69) is 5.32 Å². The van der Waals surface area contributed by atoms with Gasteiger partial charge in [-0.05, 0) is 6.92 Å². The van der Waals surface area contributed by atoms with E-state index in [1.165, 1.54) is 0 Å². The Labute approximate surface area is 154 Å². The van der Waals surface area contributed by atoms with Crippen molar-refractivity contribution in [2.24, 2.45) is 11.8 Å². The lowest BCUT2D eigenvalue weighted by molar-refractivity contribution is -0.148. The van der Waals surface area contributed by atoms with Gasteiger partial charge in [0.1, 0.15) is 12.6 Å². The summed E-state index contributed by atoms with van der Waals surface area (Å²) in [5.74, 6) is -1.21. The molecule has 0 spiro atoms. The van der Waals surface area contributed by atoms with Crippen LogP contribution in [0.1, 0.15) is 33.6 Å². The van der Waals surface area contributed by atoms with Crippen LogP contribution in [0.3, 0.4) is 0 Å².